The van der Waals surface area contributed by atoms with Crippen molar-refractivity contribution in [2.45, 2.75) is 24.9 Å². The van der Waals surface area contributed by atoms with Gasteiger partial charge in [-0.25, -0.2) is 0 Å². The Morgan fingerprint density at radius 3 is 2.93 bits per heavy atom. The Morgan fingerprint density at radius 1 is 1.47 bits per heavy atom. The van der Waals surface area contributed by atoms with E-state index in [0.29, 0.717) is 13.0 Å². The predicted octanol–water partition coefficient (Wildman–Crippen LogP) is 0.871. The molecule has 0 bridgehead atoms. The Bertz CT molecular complexity index is 317. The minimum Gasteiger partial charge on any atom is -0.506 e. The smallest absolute Gasteiger partial charge is 0.133 e. The molecule has 0 saturated carbocycles. The Kier molecular flexibility index (Phi) is 2.88. The molecule has 0 radical (unpaired) electrons. The van der Waals surface area contributed by atoms with Gasteiger partial charge in [0.05, 0.1) is 18.4 Å². The molecule has 4 nitrogen and oxygen atoms in total. The lowest BCUT2D eigenvalue weighted by atomic mass is 9.91. The van der Waals surface area contributed by atoms with Crippen molar-refractivity contribution >= 4 is 0 Å². The van der Waals surface area contributed by atoms with Crippen LogP contribution < -0.4 is 0 Å². The largest absolute Gasteiger partial charge is 0.506 e. The van der Waals surface area contributed by atoms with Crippen molar-refractivity contribution in [2.24, 2.45) is 0 Å². The van der Waals surface area contributed by atoms with Gasteiger partial charge in [0.25, 0.3) is 0 Å². The average molecular weight is 209 g/mol. The SMILES string of the molecule is Oc1ccc(CC2(O)CCCOC2)nc1. The van der Waals surface area contributed by atoms with Crippen LogP contribution in [-0.4, -0.2) is 34.0 Å². The maximum absolute atomic E-state index is 10.2. The van der Waals surface area contributed by atoms with Gasteiger partial charge in [-0.1, -0.05) is 0 Å². The number of nitrogens with zero attached hydrogens (tertiary/aromatic N) is 1. The van der Waals surface area contributed by atoms with Gasteiger partial charge in [0.15, 0.2) is 0 Å². The molecule has 0 spiro atoms. The van der Waals surface area contributed by atoms with Gasteiger partial charge in [0.2, 0.25) is 0 Å². The fourth-order valence-electron chi connectivity index (χ4n) is 1.84. The van der Waals surface area contributed by atoms with Crippen LogP contribution in [0, 0.1) is 0 Å². The van der Waals surface area contributed by atoms with Crippen LogP contribution in [0.15, 0.2) is 18.3 Å². The highest BCUT2D eigenvalue weighted by Crippen LogP contribution is 2.23. The lowest BCUT2D eigenvalue weighted by molar-refractivity contribution is -0.0849. The summed E-state index contributed by atoms with van der Waals surface area (Å²) in [5, 5.41) is 19.2. The molecule has 1 aromatic rings. The average Bonchev–Trinajstić information content (AvgIpc) is 2.22. The highest BCUT2D eigenvalue weighted by atomic mass is 16.5. The van der Waals surface area contributed by atoms with Crippen LogP contribution in [0.2, 0.25) is 0 Å². The van der Waals surface area contributed by atoms with Crippen molar-refractivity contribution in [3.05, 3.63) is 24.0 Å². The second-order valence-corrected chi connectivity index (χ2v) is 4.06. The van der Waals surface area contributed by atoms with E-state index in [1.165, 1.54) is 6.20 Å². The first-order valence-electron chi connectivity index (χ1n) is 5.12. The van der Waals surface area contributed by atoms with E-state index in [0.717, 1.165) is 25.1 Å². The van der Waals surface area contributed by atoms with E-state index < -0.39 is 5.60 Å². The zero-order valence-electron chi connectivity index (χ0n) is 8.52. The molecule has 15 heavy (non-hydrogen) atoms. The second kappa shape index (κ2) is 4.16. The number of aromatic nitrogens is 1. The molecule has 2 N–H and O–H groups in total. The molecule has 1 aliphatic heterocycles. The van der Waals surface area contributed by atoms with Crippen molar-refractivity contribution in [2.75, 3.05) is 13.2 Å². The molecular weight excluding hydrogens is 194 g/mol. The third-order valence-electron chi connectivity index (χ3n) is 2.62. The second-order valence-electron chi connectivity index (χ2n) is 4.06. The van der Waals surface area contributed by atoms with Gasteiger partial charge in [0, 0.05) is 18.7 Å². The maximum atomic E-state index is 10.2. The summed E-state index contributed by atoms with van der Waals surface area (Å²) < 4.78 is 5.25. The Balaban J connectivity index is 2.03. The van der Waals surface area contributed by atoms with Gasteiger partial charge >= 0.3 is 0 Å². The molecule has 1 aromatic heterocycles. The minimum absolute atomic E-state index is 0.144. The van der Waals surface area contributed by atoms with Gasteiger partial charge in [-0.05, 0) is 25.0 Å². The van der Waals surface area contributed by atoms with Crippen molar-refractivity contribution in [3.8, 4) is 5.75 Å². The summed E-state index contributed by atoms with van der Waals surface area (Å²) >= 11 is 0. The Morgan fingerprint density at radius 2 is 2.33 bits per heavy atom. The normalized spacial score (nSPS) is 26.5. The van der Waals surface area contributed by atoms with Crippen molar-refractivity contribution < 1.29 is 14.9 Å². The predicted molar refractivity (Wildman–Crippen MR) is 54.6 cm³/mol. The molecule has 1 aliphatic rings. The molecule has 1 atom stereocenters. The van der Waals surface area contributed by atoms with Crippen LogP contribution in [0.1, 0.15) is 18.5 Å². The quantitative estimate of drug-likeness (QED) is 0.758. The van der Waals surface area contributed by atoms with Gasteiger partial charge in [-0.15, -0.1) is 0 Å². The fraction of sp³-hybridized carbons (Fsp3) is 0.545. The number of aliphatic hydroxyl groups is 1. The van der Waals surface area contributed by atoms with Crippen molar-refractivity contribution in [3.63, 3.8) is 0 Å². The third kappa shape index (κ3) is 2.67. The van der Waals surface area contributed by atoms with E-state index >= 15 is 0 Å². The lowest BCUT2D eigenvalue weighted by Gasteiger charge is -2.31. The molecule has 0 aromatic carbocycles. The van der Waals surface area contributed by atoms with Gasteiger partial charge in [-0.2, -0.15) is 0 Å². The molecule has 82 valence electrons. The number of rotatable bonds is 2. The Labute approximate surface area is 88.5 Å². The third-order valence-corrected chi connectivity index (χ3v) is 2.62. The van der Waals surface area contributed by atoms with Gasteiger partial charge in [-0.3, -0.25) is 4.98 Å². The number of hydrogen-bond acceptors (Lipinski definition) is 4. The maximum Gasteiger partial charge on any atom is 0.133 e. The minimum atomic E-state index is -0.789. The van der Waals surface area contributed by atoms with Gasteiger partial charge in [0.1, 0.15) is 5.75 Å². The zero-order valence-corrected chi connectivity index (χ0v) is 8.52. The highest BCUT2D eigenvalue weighted by molar-refractivity contribution is 5.19. The molecule has 1 fully saturated rings. The summed E-state index contributed by atoms with van der Waals surface area (Å²) in [6, 6.07) is 3.30. The van der Waals surface area contributed by atoms with Crippen molar-refractivity contribution in [1.82, 2.24) is 4.98 Å². The summed E-state index contributed by atoms with van der Waals surface area (Å²) in [6.07, 6.45) is 3.50. The molecule has 2 rings (SSSR count). The first kappa shape index (κ1) is 10.4. The number of ether oxygens (including phenoxy) is 1. The number of aromatic hydroxyl groups is 1. The van der Waals surface area contributed by atoms with Crippen LogP contribution in [0.4, 0.5) is 0 Å². The van der Waals surface area contributed by atoms with E-state index in [4.69, 9.17) is 9.84 Å². The van der Waals surface area contributed by atoms with E-state index in [9.17, 15) is 5.11 Å². The van der Waals surface area contributed by atoms with E-state index in [-0.39, 0.29) is 5.75 Å². The van der Waals surface area contributed by atoms with E-state index in [1.54, 1.807) is 12.1 Å². The van der Waals surface area contributed by atoms with Crippen molar-refractivity contribution in [1.29, 1.82) is 0 Å². The molecule has 0 aliphatic carbocycles. The summed E-state index contributed by atoms with van der Waals surface area (Å²) in [4.78, 5) is 4.05. The van der Waals surface area contributed by atoms with E-state index in [2.05, 4.69) is 4.98 Å². The first-order chi connectivity index (χ1) is 7.18. The summed E-state index contributed by atoms with van der Waals surface area (Å²) in [5.41, 5.74) is -0.0109. The first-order valence-corrected chi connectivity index (χ1v) is 5.12. The van der Waals surface area contributed by atoms with Crippen LogP contribution in [0.3, 0.4) is 0 Å². The standard InChI is InChI=1S/C11H15NO3/c13-10-3-2-9(12-7-10)6-11(14)4-1-5-15-8-11/h2-3,7,13-14H,1,4-6,8H2. The number of pyridine rings is 1. The zero-order chi connectivity index (χ0) is 10.7. The molecular formula is C11H15NO3. The van der Waals surface area contributed by atoms with Crippen LogP contribution in [-0.2, 0) is 11.2 Å². The Hall–Kier alpha value is -1.13. The molecule has 0 amide bonds. The number of hydrogen-bond donors (Lipinski definition) is 2. The topological polar surface area (TPSA) is 62.6 Å². The molecule has 1 unspecified atom stereocenters. The molecule has 1 saturated heterocycles. The molecule has 4 heteroatoms. The van der Waals surface area contributed by atoms with E-state index in [1.807, 2.05) is 0 Å². The van der Waals surface area contributed by atoms with Crippen LogP contribution in [0.25, 0.3) is 0 Å². The highest BCUT2D eigenvalue weighted by Gasteiger charge is 2.30. The van der Waals surface area contributed by atoms with Gasteiger partial charge < -0.3 is 14.9 Å². The van der Waals surface area contributed by atoms with Crippen LogP contribution in [0.5, 0.6) is 5.75 Å². The summed E-state index contributed by atoms with van der Waals surface area (Å²) in [6.45, 7) is 1.10. The lowest BCUT2D eigenvalue weighted by Crippen LogP contribution is -2.40. The monoisotopic (exact) mass is 209 g/mol. The van der Waals surface area contributed by atoms with Crippen LogP contribution >= 0.6 is 0 Å². The molecule has 2 heterocycles. The summed E-state index contributed by atoms with van der Waals surface area (Å²) in [7, 11) is 0. The fourth-order valence-corrected chi connectivity index (χ4v) is 1.84. The summed E-state index contributed by atoms with van der Waals surface area (Å²) in [5.74, 6) is 0.144.